The molecule has 1 aliphatic heterocycles. The zero-order valence-electron chi connectivity index (χ0n) is 22.5. The molecule has 0 radical (unpaired) electrons. The van der Waals surface area contributed by atoms with Crippen LogP contribution in [0.1, 0.15) is 0 Å². The second kappa shape index (κ2) is 11.7. The second-order valence-corrected chi connectivity index (χ2v) is 12.5. The first-order valence-corrected chi connectivity index (χ1v) is 14.2. The minimum absolute atomic E-state index is 0.0895. The molecule has 3 aromatic rings. The summed E-state index contributed by atoms with van der Waals surface area (Å²) in [5.41, 5.74) is 0. The number of imide groups is 2. The predicted octanol–water partition coefficient (Wildman–Crippen LogP) is 1.78. The molecule has 1 saturated heterocycles. The third-order valence-electron chi connectivity index (χ3n) is 7.04. The van der Waals surface area contributed by atoms with Crippen LogP contribution < -0.4 is 15.9 Å². The maximum absolute atomic E-state index is 14.1. The van der Waals surface area contributed by atoms with Crippen LogP contribution >= 0.6 is 6.89 Å². The van der Waals surface area contributed by atoms with Crippen molar-refractivity contribution in [3.8, 4) is 0 Å². The Hall–Kier alpha value is -4.49. The molecule has 1 fully saturated rings. The highest BCUT2D eigenvalue weighted by molar-refractivity contribution is 7.96. The van der Waals surface area contributed by atoms with Crippen molar-refractivity contribution in [2.75, 3.05) is 28.3 Å². The zero-order valence-corrected chi connectivity index (χ0v) is 23.4. The van der Waals surface area contributed by atoms with Crippen molar-refractivity contribution in [1.29, 1.82) is 0 Å². The highest BCUT2D eigenvalue weighted by atomic mass is 31.2. The zero-order chi connectivity index (χ0) is 29.0. The van der Waals surface area contributed by atoms with Crippen molar-refractivity contribution in [2.24, 2.45) is 11.8 Å². The number of carbonyl (C=O) groups excluding carboxylic acids is 5. The standard InChI is InChI=1S/C30H29N2O7P/c1-31-26(33)24(27(34)32(2)30(31)37)23(28(35)38-3)25(29(36)39-4)40(20-14-8-5-9-15-20,21-16-10-6-11-17-21)22-18-12-7-13-19-22/h5-19,23-24H,1-4H3. The molecule has 1 unspecified atom stereocenters. The molecule has 0 N–H and O–H groups in total. The van der Waals surface area contributed by atoms with Crippen molar-refractivity contribution >= 4 is 57.9 Å². The summed E-state index contributed by atoms with van der Waals surface area (Å²) in [7, 11) is 4.74. The van der Waals surface area contributed by atoms with Crippen LogP contribution in [-0.2, 0) is 28.7 Å². The van der Waals surface area contributed by atoms with Gasteiger partial charge in [-0.15, -0.1) is 0 Å². The van der Waals surface area contributed by atoms with E-state index in [-0.39, 0.29) is 5.29 Å². The van der Waals surface area contributed by atoms with Gasteiger partial charge in [-0.05, 0) is 22.8 Å². The van der Waals surface area contributed by atoms with Gasteiger partial charge >= 0.3 is 18.0 Å². The van der Waals surface area contributed by atoms with Crippen LogP contribution in [0.5, 0.6) is 0 Å². The lowest BCUT2D eigenvalue weighted by Gasteiger charge is -2.39. The van der Waals surface area contributed by atoms with E-state index in [0.717, 1.165) is 16.9 Å². The van der Waals surface area contributed by atoms with Crippen LogP contribution in [-0.4, -0.2) is 73.2 Å². The third kappa shape index (κ3) is 4.62. The summed E-state index contributed by atoms with van der Waals surface area (Å²) in [4.78, 5) is 69.1. The molecule has 9 nitrogen and oxygen atoms in total. The quantitative estimate of drug-likeness (QED) is 0.246. The Morgan fingerprint density at radius 1 is 0.675 bits per heavy atom. The lowest BCUT2D eigenvalue weighted by atomic mass is 9.85. The molecule has 1 atom stereocenters. The minimum atomic E-state index is -3.32. The Morgan fingerprint density at radius 3 is 1.38 bits per heavy atom. The molecular formula is C30H29N2O7P. The number of urea groups is 1. The molecule has 0 aromatic heterocycles. The first-order chi connectivity index (χ1) is 19.2. The van der Waals surface area contributed by atoms with E-state index in [1.54, 1.807) is 0 Å². The molecule has 0 aliphatic carbocycles. The van der Waals surface area contributed by atoms with Gasteiger partial charge < -0.3 is 9.47 Å². The van der Waals surface area contributed by atoms with E-state index in [0.29, 0.717) is 15.9 Å². The van der Waals surface area contributed by atoms with Gasteiger partial charge in [0, 0.05) is 14.1 Å². The van der Waals surface area contributed by atoms with Gasteiger partial charge in [0.1, 0.15) is 11.8 Å². The van der Waals surface area contributed by atoms with Crippen LogP contribution in [0.15, 0.2) is 91.0 Å². The van der Waals surface area contributed by atoms with Gasteiger partial charge in [0.05, 0.1) is 19.5 Å². The van der Waals surface area contributed by atoms with Gasteiger partial charge in [-0.3, -0.25) is 24.2 Å². The Kier molecular flexibility index (Phi) is 8.35. The normalized spacial score (nSPS) is 15.1. The van der Waals surface area contributed by atoms with Gasteiger partial charge in [0.15, 0.2) is 0 Å². The highest BCUT2D eigenvalue weighted by Crippen LogP contribution is 2.49. The molecule has 1 aliphatic rings. The van der Waals surface area contributed by atoms with Gasteiger partial charge in [0.2, 0.25) is 11.8 Å². The number of nitrogens with zero attached hydrogens (tertiary/aromatic N) is 2. The summed E-state index contributed by atoms with van der Waals surface area (Å²) >= 11 is 0. The summed E-state index contributed by atoms with van der Waals surface area (Å²) in [5.74, 6) is -7.14. The second-order valence-electron chi connectivity index (χ2n) is 9.11. The van der Waals surface area contributed by atoms with Crippen molar-refractivity contribution in [1.82, 2.24) is 9.80 Å². The van der Waals surface area contributed by atoms with Crippen molar-refractivity contribution in [3.63, 3.8) is 0 Å². The first kappa shape index (κ1) is 28.5. The lowest BCUT2D eigenvalue weighted by Crippen LogP contribution is -2.61. The molecule has 4 rings (SSSR count). The number of barbiturate groups is 1. The molecule has 0 spiro atoms. The van der Waals surface area contributed by atoms with Gasteiger partial charge in [-0.25, -0.2) is 9.59 Å². The number of hydrogen-bond acceptors (Lipinski definition) is 7. The molecule has 0 bridgehead atoms. The monoisotopic (exact) mass is 560 g/mol. The van der Waals surface area contributed by atoms with Crippen LogP contribution in [0.2, 0.25) is 0 Å². The van der Waals surface area contributed by atoms with Gasteiger partial charge in [0.25, 0.3) is 0 Å². The number of carbonyl (C=O) groups is 5. The topological polar surface area (TPSA) is 110 Å². The number of rotatable bonds is 7. The number of hydrogen-bond donors (Lipinski definition) is 0. The number of methoxy groups -OCH3 is 2. The van der Waals surface area contributed by atoms with Gasteiger partial charge in [-0.2, -0.15) is 0 Å². The van der Waals surface area contributed by atoms with Crippen molar-refractivity contribution in [2.45, 2.75) is 0 Å². The van der Waals surface area contributed by atoms with E-state index in [1.165, 1.54) is 21.2 Å². The molecular weight excluding hydrogens is 531 g/mol. The molecule has 4 amide bonds. The average molecular weight is 561 g/mol. The van der Waals surface area contributed by atoms with Crippen LogP contribution in [0.3, 0.4) is 0 Å². The number of esters is 2. The molecule has 3 aromatic carbocycles. The summed E-state index contributed by atoms with van der Waals surface area (Å²) in [6.07, 6.45) is 0. The molecule has 0 saturated carbocycles. The molecule has 10 heteroatoms. The maximum Gasteiger partial charge on any atom is 0.335 e. The van der Waals surface area contributed by atoms with E-state index in [9.17, 15) is 24.0 Å². The molecule has 40 heavy (non-hydrogen) atoms. The van der Waals surface area contributed by atoms with E-state index in [1.807, 2.05) is 91.0 Å². The van der Waals surface area contributed by atoms with Crippen molar-refractivity contribution in [3.05, 3.63) is 91.0 Å². The highest BCUT2D eigenvalue weighted by Gasteiger charge is 2.54. The molecule has 1 heterocycles. The Morgan fingerprint density at radius 2 is 1.05 bits per heavy atom. The number of amides is 4. The Labute approximate surface area is 232 Å². The number of ether oxygens (including phenoxy) is 2. The van der Waals surface area contributed by atoms with E-state index >= 15 is 0 Å². The Bertz CT molecular complexity index is 1380. The van der Waals surface area contributed by atoms with Crippen LogP contribution in [0, 0.1) is 11.8 Å². The van der Waals surface area contributed by atoms with Crippen LogP contribution in [0.4, 0.5) is 4.79 Å². The summed E-state index contributed by atoms with van der Waals surface area (Å²) in [6.45, 7) is -3.32. The largest absolute Gasteiger partial charge is 0.469 e. The fraction of sp³-hybridized carbons (Fsp3) is 0.200. The fourth-order valence-electron chi connectivity index (χ4n) is 5.15. The smallest absolute Gasteiger partial charge is 0.335 e. The molecule has 206 valence electrons. The summed E-state index contributed by atoms with van der Waals surface area (Å²) in [5, 5.41) is 1.98. The summed E-state index contributed by atoms with van der Waals surface area (Å²) in [6, 6.07) is 26.6. The lowest BCUT2D eigenvalue weighted by molar-refractivity contribution is -0.157. The maximum atomic E-state index is 14.1. The SMILES string of the molecule is COC(=O)C(C(C(=O)OC)C1C(=O)N(C)C(=O)N(C)C1=O)=P(c1ccccc1)(c1ccccc1)c1ccccc1. The van der Waals surface area contributed by atoms with E-state index in [2.05, 4.69) is 0 Å². The summed E-state index contributed by atoms with van der Waals surface area (Å²) < 4.78 is 10.5. The van der Waals surface area contributed by atoms with Gasteiger partial charge in [-0.1, -0.05) is 91.0 Å². The number of benzene rings is 3. The Balaban J connectivity index is 2.30. The van der Waals surface area contributed by atoms with E-state index in [4.69, 9.17) is 9.47 Å². The van der Waals surface area contributed by atoms with E-state index < -0.39 is 48.5 Å². The third-order valence-corrected chi connectivity index (χ3v) is 11.4. The average Bonchev–Trinajstić information content (AvgIpc) is 3.01. The predicted molar refractivity (Wildman–Crippen MR) is 152 cm³/mol. The minimum Gasteiger partial charge on any atom is -0.469 e. The fourth-order valence-corrected chi connectivity index (χ4v) is 9.77. The van der Waals surface area contributed by atoms with Crippen LogP contribution in [0.25, 0.3) is 0 Å². The first-order valence-electron chi connectivity index (χ1n) is 12.4. The van der Waals surface area contributed by atoms with Crippen molar-refractivity contribution < 1.29 is 33.4 Å².